The molecular weight excluding hydrogens is 393 g/mol. The van der Waals surface area contributed by atoms with Gasteiger partial charge in [0.15, 0.2) is 0 Å². The molecule has 0 saturated carbocycles. The van der Waals surface area contributed by atoms with Crippen molar-refractivity contribution in [3.63, 3.8) is 0 Å². The van der Waals surface area contributed by atoms with Crippen molar-refractivity contribution < 1.29 is 31.2 Å². The molecule has 3 heterocycles. The lowest BCUT2D eigenvalue weighted by Crippen LogP contribution is -2.52. The van der Waals surface area contributed by atoms with Crippen molar-refractivity contribution in [1.82, 2.24) is 10.3 Å². The van der Waals surface area contributed by atoms with Crippen LogP contribution in [0.4, 0.5) is 10.1 Å². The van der Waals surface area contributed by atoms with Crippen LogP contribution in [0.5, 0.6) is 5.88 Å². The fraction of sp³-hybridized carbons (Fsp3) is 0.714. The van der Waals surface area contributed by atoms with E-state index in [2.05, 4.69) is 10.3 Å². The number of aliphatic hydroxyl groups is 1. The first-order valence-corrected chi connectivity index (χ1v) is 10.2. The van der Waals surface area contributed by atoms with Crippen LogP contribution < -0.4 is 15.0 Å². The number of carbonyl (C=O) groups is 1. The Labute approximate surface area is 179 Å². The van der Waals surface area contributed by atoms with Crippen LogP contribution in [-0.2, 0) is 9.47 Å². The number of amides is 1. The summed E-state index contributed by atoms with van der Waals surface area (Å²) in [4.78, 5) is 19.2. The largest absolute Gasteiger partial charge is 0.475 e. The Morgan fingerprint density at radius 3 is 2.67 bits per heavy atom. The summed E-state index contributed by atoms with van der Waals surface area (Å²) in [6, 6.07) is 3.28. The molecule has 0 unspecified atom stereocenters. The minimum Gasteiger partial charge on any atom is -0.475 e. The summed E-state index contributed by atoms with van der Waals surface area (Å²) in [6.45, 7) is 1.30. The highest BCUT2D eigenvalue weighted by molar-refractivity contribution is 5.93. The monoisotopic (exact) mass is 427 g/mol. The van der Waals surface area contributed by atoms with E-state index in [9.17, 15) is 14.3 Å². The first-order valence-electron chi connectivity index (χ1n) is 11.2. The van der Waals surface area contributed by atoms with Crippen LogP contribution in [0.1, 0.15) is 39.9 Å². The van der Waals surface area contributed by atoms with E-state index < -0.39 is 23.5 Å². The number of anilines is 1. The zero-order valence-corrected chi connectivity index (χ0v) is 17.7. The first kappa shape index (κ1) is 20.0. The van der Waals surface area contributed by atoms with E-state index in [1.54, 1.807) is 19.2 Å². The SMILES string of the molecule is [2H]C([2H])(F)C1(COc2nc(C(=O)NC(CC)(CC)CO)ccc2N2CC(OC)C2)COC1. The second-order valence-corrected chi connectivity index (χ2v) is 8.04. The number of ether oxygens (including phenoxy) is 3. The molecule has 2 aliphatic rings. The quantitative estimate of drug-likeness (QED) is 0.554. The van der Waals surface area contributed by atoms with Crippen LogP contribution in [-0.4, -0.2) is 80.9 Å². The molecule has 2 N–H and O–H groups in total. The standard InChI is InChI=1S/C21H32FN3O5/c1-4-21(5-2,11-26)24-18(27)16-6-7-17(25-8-15(9-25)28-3)19(23-16)30-14-20(10-22)12-29-13-20/h6-7,15,26H,4-5,8-14H2,1-3H3,(H,24,27)/i10D2. The Kier molecular flexibility index (Phi) is 6.29. The van der Waals surface area contributed by atoms with Crippen molar-refractivity contribution in [2.75, 3.05) is 58.2 Å². The molecule has 0 atom stereocenters. The fourth-order valence-electron chi connectivity index (χ4n) is 3.41. The second kappa shape index (κ2) is 9.45. The van der Waals surface area contributed by atoms with Crippen LogP contribution in [0.25, 0.3) is 0 Å². The van der Waals surface area contributed by atoms with Gasteiger partial charge in [-0.2, -0.15) is 0 Å². The van der Waals surface area contributed by atoms with E-state index >= 15 is 0 Å². The van der Waals surface area contributed by atoms with E-state index in [0.29, 0.717) is 31.6 Å². The van der Waals surface area contributed by atoms with Gasteiger partial charge in [0, 0.05) is 20.2 Å². The summed E-state index contributed by atoms with van der Waals surface area (Å²) in [7, 11) is 1.63. The number of methoxy groups -OCH3 is 1. The van der Waals surface area contributed by atoms with Crippen molar-refractivity contribution in [3.05, 3.63) is 17.8 Å². The van der Waals surface area contributed by atoms with Crippen molar-refractivity contribution in [3.8, 4) is 5.88 Å². The summed E-state index contributed by atoms with van der Waals surface area (Å²) < 4.78 is 45.4. The zero-order chi connectivity index (χ0) is 23.6. The predicted octanol–water partition coefficient (Wildman–Crippen LogP) is 1.56. The van der Waals surface area contributed by atoms with E-state index in [1.165, 1.54) is 0 Å². The van der Waals surface area contributed by atoms with Crippen molar-refractivity contribution >= 4 is 11.6 Å². The number of hydrogen-bond acceptors (Lipinski definition) is 7. The van der Waals surface area contributed by atoms with Crippen LogP contribution >= 0.6 is 0 Å². The van der Waals surface area contributed by atoms with Crippen molar-refractivity contribution in [2.24, 2.45) is 5.41 Å². The predicted molar refractivity (Wildman–Crippen MR) is 110 cm³/mol. The Hall–Kier alpha value is -1.97. The van der Waals surface area contributed by atoms with Gasteiger partial charge < -0.3 is 29.5 Å². The highest BCUT2D eigenvalue weighted by Gasteiger charge is 2.41. The van der Waals surface area contributed by atoms with Crippen LogP contribution in [0.15, 0.2) is 12.1 Å². The lowest BCUT2D eigenvalue weighted by atomic mass is 9.89. The van der Waals surface area contributed by atoms with Gasteiger partial charge in [-0.15, -0.1) is 0 Å². The summed E-state index contributed by atoms with van der Waals surface area (Å²) in [6.07, 6.45) is 1.16. The Bertz CT molecular complexity index is 801. The number of hydrogen-bond donors (Lipinski definition) is 2. The maximum Gasteiger partial charge on any atom is 0.270 e. The number of alkyl halides is 1. The molecule has 9 heteroatoms. The molecule has 0 radical (unpaired) electrons. The van der Waals surface area contributed by atoms with E-state index in [0.717, 1.165) is 0 Å². The van der Waals surface area contributed by atoms with Crippen LogP contribution in [0.2, 0.25) is 0 Å². The number of aromatic nitrogens is 1. The number of rotatable bonds is 11. The third-order valence-electron chi connectivity index (χ3n) is 6.07. The highest BCUT2D eigenvalue weighted by atomic mass is 19.1. The Morgan fingerprint density at radius 1 is 1.47 bits per heavy atom. The van der Waals surface area contributed by atoms with Gasteiger partial charge in [0.2, 0.25) is 5.88 Å². The topological polar surface area (TPSA) is 93.2 Å². The van der Waals surface area contributed by atoms with Crippen molar-refractivity contribution in [1.29, 1.82) is 0 Å². The average Bonchev–Trinajstić information content (AvgIpc) is 2.70. The van der Waals surface area contributed by atoms with Gasteiger partial charge in [-0.3, -0.25) is 9.18 Å². The molecule has 2 fully saturated rings. The van der Waals surface area contributed by atoms with Crippen LogP contribution in [0, 0.1) is 5.41 Å². The van der Waals surface area contributed by atoms with Gasteiger partial charge in [0.1, 0.15) is 24.6 Å². The molecule has 3 rings (SSSR count). The molecule has 1 aromatic rings. The van der Waals surface area contributed by atoms with Crippen LogP contribution in [0.3, 0.4) is 0 Å². The molecule has 1 aromatic heterocycles. The molecule has 0 bridgehead atoms. The zero-order valence-electron chi connectivity index (χ0n) is 19.7. The lowest BCUT2D eigenvalue weighted by molar-refractivity contribution is -0.141. The summed E-state index contributed by atoms with van der Waals surface area (Å²) in [5.41, 5.74) is -1.47. The molecule has 8 nitrogen and oxygen atoms in total. The minimum absolute atomic E-state index is 0.0662. The number of nitrogens with one attached hydrogen (secondary N) is 1. The Morgan fingerprint density at radius 2 is 2.17 bits per heavy atom. The molecule has 2 aliphatic heterocycles. The van der Waals surface area contributed by atoms with Gasteiger partial charge in [-0.05, 0) is 25.0 Å². The second-order valence-electron chi connectivity index (χ2n) is 8.04. The first-order chi connectivity index (χ1) is 15.1. The molecule has 0 spiro atoms. The minimum atomic E-state index is -2.98. The maximum absolute atomic E-state index is 14.2. The maximum atomic E-state index is 14.2. The normalized spacial score (nSPS) is 20.0. The van der Waals surface area contributed by atoms with Gasteiger partial charge in [-0.25, -0.2) is 4.98 Å². The molecular formula is C21H32FN3O5. The third-order valence-corrected chi connectivity index (χ3v) is 6.07. The van der Waals surface area contributed by atoms with E-state index in [-0.39, 0.29) is 44.1 Å². The van der Waals surface area contributed by atoms with Crippen molar-refractivity contribution in [2.45, 2.75) is 38.3 Å². The van der Waals surface area contributed by atoms with E-state index in [4.69, 9.17) is 17.0 Å². The molecule has 30 heavy (non-hydrogen) atoms. The molecule has 168 valence electrons. The highest BCUT2D eigenvalue weighted by Crippen LogP contribution is 2.34. The molecule has 2 saturated heterocycles. The fourth-order valence-corrected chi connectivity index (χ4v) is 3.41. The van der Waals surface area contributed by atoms with Gasteiger partial charge in [-0.1, -0.05) is 13.8 Å². The molecule has 1 amide bonds. The van der Waals surface area contributed by atoms with Gasteiger partial charge >= 0.3 is 0 Å². The summed E-state index contributed by atoms with van der Waals surface area (Å²) in [5, 5.41) is 12.6. The van der Waals surface area contributed by atoms with Gasteiger partial charge in [0.25, 0.3) is 5.91 Å². The number of pyridine rings is 1. The van der Waals surface area contributed by atoms with E-state index in [1.807, 2.05) is 18.7 Å². The lowest BCUT2D eigenvalue weighted by Gasteiger charge is -2.41. The third kappa shape index (κ3) is 4.53. The Balaban J connectivity index is 1.84. The number of aliphatic hydroxyl groups excluding tert-OH is 1. The smallest absolute Gasteiger partial charge is 0.270 e. The summed E-state index contributed by atoms with van der Waals surface area (Å²) in [5.74, 6) is -0.342. The number of carbonyl (C=O) groups excluding carboxylic acids is 1. The molecule has 0 aliphatic carbocycles. The number of nitrogens with zero attached hydrogens (tertiary/aromatic N) is 2. The average molecular weight is 428 g/mol. The summed E-state index contributed by atoms with van der Waals surface area (Å²) >= 11 is 0. The van der Waals surface area contributed by atoms with Gasteiger partial charge in [0.05, 0.1) is 39.6 Å². The molecule has 0 aromatic carbocycles. The number of halogens is 1.